The van der Waals surface area contributed by atoms with Gasteiger partial charge >= 0.3 is 5.97 Å². The van der Waals surface area contributed by atoms with Gasteiger partial charge in [-0.1, -0.05) is 30.3 Å². The molecule has 136 valence electrons. The molecular weight excluding hydrogens is 337 g/mol. The van der Waals surface area contributed by atoms with Crippen LogP contribution >= 0.6 is 0 Å². The number of hydrogen-bond donors (Lipinski definition) is 1. The number of hydrogen-bond acceptors (Lipinski definition) is 4. The molecule has 0 aromatic heterocycles. The third kappa shape index (κ3) is 4.39. The Morgan fingerprint density at radius 1 is 1.23 bits per heavy atom. The molecule has 0 saturated heterocycles. The molecule has 1 heterocycles. The second-order valence-corrected chi connectivity index (χ2v) is 6.17. The van der Waals surface area contributed by atoms with Gasteiger partial charge in [0.2, 0.25) is 0 Å². The second kappa shape index (κ2) is 7.99. The predicted octanol–water partition coefficient (Wildman–Crippen LogP) is 2.94. The summed E-state index contributed by atoms with van der Waals surface area (Å²) in [7, 11) is 0. The fraction of sp³-hybridized carbons (Fsp3) is 0.300. The van der Waals surface area contributed by atoms with E-state index in [1.54, 1.807) is 0 Å². The van der Waals surface area contributed by atoms with Crippen LogP contribution in [0.15, 0.2) is 48.5 Å². The smallest absolute Gasteiger partial charge is 0.311 e. The lowest BCUT2D eigenvalue weighted by molar-refractivity contribution is -0.154. The topological polar surface area (TPSA) is 64.6 Å². The van der Waals surface area contributed by atoms with Gasteiger partial charge in [0, 0.05) is 12.0 Å². The van der Waals surface area contributed by atoms with E-state index in [2.05, 4.69) is 5.32 Å². The van der Waals surface area contributed by atoms with Crippen LogP contribution in [0.4, 0.5) is 4.39 Å². The largest absolute Gasteiger partial charge is 0.493 e. The average molecular weight is 357 g/mol. The van der Waals surface area contributed by atoms with Crippen LogP contribution in [0, 0.1) is 5.82 Å². The van der Waals surface area contributed by atoms with Crippen LogP contribution in [0.25, 0.3) is 0 Å². The highest BCUT2D eigenvalue weighted by Gasteiger charge is 2.26. The van der Waals surface area contributed by atoms with Crippen molar-refractivity contribution in [2.24, 2.45) is 0 Å². The molecule has 26 heavy (non-hydrogen) atoms. The second-order valence-electron chi connectivity index (χ2n) is 6.17. The molecule has 2 atom stereocenters. The molecular formula is C20H20FNO4. The number of rotatable bonds is 5. The molecule has 2 unspecified atom stereocenters. The minimum absolute atomic E-state index is 0.0159. The maximum absolute atomic E-state index is 12.9. The van der Waals surface area contributed by atoms with Crippen molar-refractivity contribution in [1.29, 1.82) is 0 Å². The van der Waals surface area contributed by atoms with Crippen molar-refractivity contribution in [2.45, 2.75) is 31.9 Å². The number of fused-ring (bicyclic) bond motifs is 1. The first-order valence-electron chi connectivity index (χ1n) is 8.49. The highest BCUT2D eigenvalue weighted by molar-refractivity contribution is 5.84. The fourth-order valence-corrected chi connectivity index (χ4v) is 2.84. The van der Waals surface area contributed by atoms with E-state index >= 15 is 0 Å². The Labute approximate surface area is 151 Å². The van der Waals surface area contributed by atoms with Crippen LogP contribution < -0.4 is 10.1 Å². The average Bonchev–Trinajstić information content (AvgIpc) is 2.64. The number of nitrogens with one attached hydrogen (secondary N) is 1. The normalized spacial score (nSPS) is 16.8. The van der Waals surface area contributed by atoms with Crippen molar-refractivity contribution >= 4 is 11.9 Å². The van der Waals surface area contributed by atoms with Crippen molar-refractivity contribution in [3.63, 3.8) is 0 Å². The molecule has 1 aliphatic rings. The van der Waals surface area contributed by atoms with Crippen molar-refractivity contribution in [1.82, 2.24) is 5.32 Å². The van der Waals surface area contributed by atoms with E-state index in [9.17, 15) is 14.0 Å². The number of esters is 1. The molecule has 5 nitrogen and oxygen atoms in total. The maximum atomic E-state index is 12.9. The van der Waals surface area contributed by atoms with Gasteiger partial charge in [0.05, 0.1) is 19.1 Å². The van der Waals surface area contributed by atoms with Gasteiger partial charge in [0.25, 0.3) is 5.91 Å². The van der Waals surface area contributed by atoms with Crippen LogP contribution in [0.3, 0.4) is 0 Å². The first kappa shape index (κ1) is 17.9. The summed E-state index contributed by atoms with van der Waals surface area (Å²) in [6.07, 6.45) is -0.283. The van der Waals surface area contributed by atoms with Crippen LogP contribution in [0.5, 0.6) is 5.75 Å². The Hall–Kier alpha value is -2.89. The summed E-state index contributed by atoms with van der Waals surface area (Å²) in [4.78, 5) is 24.4. The molecule has 0 saturated carbocycles. The van der Waals surface area contributed by atoms with E-state index in [0.717, 1.165) is 11.3 Å². The summed E-state index contributed by atoms with van der Waals surface area (Å²) in [6, 6.07) is 12.9. The number of carbonyl (C=O) groups excluding carboxylic acids is 2. The minimum atomic E-state index is -0.919. The molecule has 1 amide bonds. The van der Waals surface area contributed by atoms with Crippen LogP contribution in [0.2, 0.25) is 0 Å². The first-order valence-corrected chi connectivity index (χ1v) is 8.49. The third-order valence-corrected chi connectivity index (χ3v) is 4.21. The molecule has 0 fully saturated rings. The Bertz CT molecular complexity index is 791. The molecule has 6 heteroatoms. The lowest BCUT2D eigenvalue weighted by atomic mass is 10.0. The summed E-state index contributed by atoms with van der Waals surface area (Å²) in [5, 5.41) is 2.91. The summed E-state index contributed by atoms with van der Waals surface area (Å²) in [5.74, 6) is -0.512. The predicted molar refractivity (Wildman–Crippen MR) is 93.1 cm³/mol. The number of halogens is 1. The summed E-state index contributed by atoms with van der Waals surface area (Å²) in [5.41, 5.74) is 1.54. The molecule has 1 aliphatic heterocycles. The Morgan fingerprint density at radius 3 is 2.73 bits per heavy atom. The van der Waals surface area contributed by atoms with Crippen molar-refractivity contribution < 1.29 is 23.5 Å². The van der Waals surface area contributed by atoms with Gasteiger partial charge in [-0.3, -0.25) is 9.59 Å². The molecule has 0 radical (unpaired) electrons. The fourth-order valence-electron chi connectivity index (χ4n) is 2.84. The summed E-state index contributed by atoms with van der Waals surface area (Å²) >= 11 is 0. The molecule has 2 aromatic carbocycles. The highest BCUT2D eigenvalue weighted by Crippen LogP contribution is 2.31. The van der Waals surface area contributed by atoms with Gasteiger partial charge in [0.1, 0.15) is 11.6 Å². The minimum Gasteiger partial charge on any atom is -0.493 e. The number of para-hydroxylation sites is 1. The van der Waals surface area contributed by atoms with Crippen LogP contribution in [-0.2, 0) is 20.7 Å². The SMILES string of the molecule is CC(OC(=O)Cc1ccc(F)cc1)C(=O)NC1CCOc2ccccc21. The van der Waals surface area contributed by atoms with E-state index in [0.29, 0.717) is 18.6 Å². The summed E-state index contributed by atoms with van der Waals surface area (Å²) < 4.78 is 23.7. The Kier molecular flexibility index (Phi) is 5.51. The van der Waals surface area contributed by atoms with Crippen LogP contribution in [0.1, 0.15) is 30.5 Å². The first-order chi connectivity index (χ1) is 12.5. The number of ether oxygens (including phenoxy) is 2. The standard InChI is InChI=1S/C20H20FNO4/c1-13(26-19(23)12-14-6-8-15(21)9-7-14)20(24)22-17-10-11-25-18-5-3-2-4-16(17)18/h2-9,13,17H,10-12H2,1H3,(H,22,24). The number of benzene rings is 2. The molecule has 0 spiro atoms. The third-order valence-electron chi connectivity index (χ3n) is 4.21. The van der Waals surface area contributed by atoms with Gasteiger partial charge in [-0.05, 0) is 30.7 Å². The Morgan fingerprint density at radius 2 is 1.96 bits per heavy atom. The van der Waals surface area contributed by atoms with E-state index in [1.165, 1.54) is 31.2 Å². The zero-order valence-electron chi connectivity index (χ0n) is 14.4. The molecule has 3 rings (SSSR count). The van der Waals surface area contributed by atoms with Crippen LogP contribution in [-0.4, -0.2) is 24.6 Å². The van der Waals surface area contributed by atoms with E-state index < -0.39 is 12.1 Å². The maximum Gasteiger partial charge on any atom is 0.311 e. The molecule has 0 bridgehead atoms. The van der Waals surface area contributed by atoms with Gasteiger partial charge in [-0.25, -0.2) is 4.39 Å². The zero-order chi connectivity index (χ0) is 18.5. The van der Waals surface area contributed by atoms with Gasteiger partial charge in [-0.15, -0.1) is 0 Å². The van der Waals surface area contributed by atoms with Gasteiger partial charge in [0.15, 0.2) is 6.10 Å². The number of amides is 1. The molecule has 2 aromatic rings. The van der Waals surface area contributed by atoms with Crippen molar-refractivity contribution in [3.8, 4) is 5.75 Å². The zero-order valence-corrected chi connectivity index (χ0v) is 14.4. The molecule has 0 aliphatic carbocycles. The number of carbonyl (C=O) groups is 2. The highest BCUT2D eigenvalue weighted by atomic mass is 19.1. The summed E-state index contributed by atoms with van der Waals surface area (Å²) in [6.45, 7) is 2.05. The lowest BCUT2D eigenvalue weighted by Gasteiger charge is -2.27. The van der Waals surface area contributed by atoms with Gasteiger partial charge in [-0.2, -0.15) is 0 Å². The van der Waals surface area contributed by atoms with Gasteiger partial charge < -0.3 is 14.8 Å². The molecule has 1 N–H and O–H groups in total. The Balaban J connectivity index is 1.55. The monoisotopic (exact) mass is 357 g/mol. The van der Waals surface area contributed by atoms with E-state index in [1.807, 2.05) is 24.3 Å². The van der Waals surface area contributed by atoms with E-state index in [4.69, 9.17) is 9.47 Å². The van der Waals surface area contributed by atoms with E-state index in [-0.39, 0.29) is 24.2 Å². The lowest BCUT2D eigenvalue weighted by Crippen LogP contribution is -2.39. The van der Waals surface area contributed by atoms with Crippen molar-refractivity contribution in [2.75, 3.05) is 6.61 Å². The quantitative estimate of drug-likeness (QED) is 0.836. The van der Waals surface area contributed by atoms with Crippen molar-refractivity contribution in [3.05, 3.63) is 65.5 Å².